The molecule has 0 saturated carbocycles. The Kier molecular flexibility index (Phi) is 10.8. The van der Waals surface area contributed by atoms with Gasteiger partial charge in [0.2, 0.25) is 17.5 Å². The van der Waals surface area contributed by atoms with Crippen molar-refractivity contribution in [1.29, 1.82) is 0 Å². The molecule has 0 spiro atoms. The topological polar surface area (TPSA) is 255 Å². The van der Waals surface area contributed by atoms with E-state index in [-0.39, 0.29) is 22.7 Å². The van der Waals surface area contributed by atoms with E-state index in [2.05, 4.69) is 0 Å². The summed E-state index contributed by atoms with van der Waals surface area (Å²) in [5.41, 5.74) is -0.376. The van der Waals surface area contributed by atoms with Crippen molar-refractivity contribution in [2.24, 2.45) is 0 Å². The van der Waals surface area contributed by atoms with Gasteiger partial charge in [-0.05, 0) is 42.8 Å². The fourth-order valence-electron chi connectivity index (χ4n) is 5.82. The van der Waals surface area contributed by atoms with Crippen LogP contribution in [0.3, 0.4) is 0 Å². The first-order chi connectivity index (χ1) is 24.8. The Morgan fingerprint density at radius 2 is 1.50 bits per heavy atom. The summed E-state index contributed by atoms with van der Waals surface area (Å²) in [7, 11) is 0. The Hall–Kier alpha value is -5.04. The van der Waals surface area contributed by atoms with Crippen LogP contribution in [0.1, 0.15) is 12.5 Å². The molecule has 8 N–H and O–H groups in total. The van der Waals surface area contributed by atoms with Crippen molar-refractivity contribution in [1.82, 2.24) is 0 Å². The highest BCUT2D eigenvalue weighted by molar-refractivity contribution is 5.88. The monoisotopic (exact) mass is 724 g/mol. The molecule has 10 unspecified atom stereocenters. The lowest BCUT2D eigenvalue weighted by Gasteiger charge is -2.43. The van der Waals surface area contributed by atoms with Crippen LogP contribution in [0.2, 0.25) is 0 Å². The van der Waals surface area contributed by atoms with E-state index in [4.69, 9.17) is 28.1 Å². The van der Waals surface area contributed by atoms with Crippen LogP contribution in [0.25, 0.3) is 28.4 Å². The molecule has 1 aromatic heterocycles. The van der Waals surface area contributed by atoms with Crippen LogP contribution in [0.5, 0.6) is 23.0 Å². The van der Waals surface area contributed by atoms with Gasteiger partial charge >= 0.3 is 5.97 Å². The molecule has 2 fully saturated rings. The molecule has 2 saturated heterocycles. The number of aliphatic hydroxyl groups excluding tert-OH is 5. The number of fused-ring (bicyclic) bond motifs is 1. The van der Waals surface area contributed by atoms with Crippen molar-refractivity contribution in [3.8, 4) is 34.3 Å². The first kappa shape index (κ1) is 36.7. The summed E-state index contributed by atoms with van der Waals surface area (Å²) in [5.74, 6) is -3.04. The molecule has 4 aromatic rings. The van der Waals surface area contributed by atoms with Gasteiger partial charge in [-0.2, -0.15) is 0 Å². The van der Waals surface area contributed by atoms with Crippen LogP contribution in [0.4, 0.5) is 0 Å². The van der Waals surface area contributed by atoms with Gasteiger partial charge < -0.3 is 69.0 Å². The number of rotatable bonds is 9. The maximum absolute atomic E-state index is 13.9. The zero-order chi connectivity index (χ0) is 37.3. The minimum absolute atomic E-state index is 0.121. The quantitative estimate of drug-likeness (QED) is 0.0880. The molecule has 0 bridgehead atoms. The molecule has 0 aliphatic carbocycles. The number of phenolic OH excluding ortho intramolecular Hbond substituents is 3. The zero-order valence-corrected chi connectivity index (χ0v) is 27.3. The third-order valence-corrected chi connectivity index (χ3v) is 8.62. The van der Waals surface area contributed by atoms with Crippen molar-refractivity contribution in [3.63, 3.8) is 0 Å². The summed E-state index contributed by atoms with van der Waals surface area (Å²) in [4.78, 5) is 26.8. The highest BCUT2D eigenvalue weighted by Crippen LogP contribution is 2.38. The van der Waals surface area contributed by atoms with Gasteiger partial charge in [-0.1, -0.05) is 30.3 Å². The van der Waals surface area contributed by atoms with Crippen molar-refractivity contribution in [3.05, 3.63) is 88.6 Å². The van der Waals surface area contributed by atoms with Gasteiger partial charge in [0.15, 0.2) is 18.2 Å². The number of aromatic hydroxyl groups is 3. The van der Waals surface area contributed by atoms with Crippen LogP contribution in [-0.2, 0) is 23.7 Å². The SMILES string of the molecule is CC1OC(OCC2OC(Oc3c(-c4ccc(O)cc4)oc4cc(O)cc(O)c4c3=O)C(O)C(O)C2OC(=O)C=Cc2ccccc2)C(O)C(O)C1O. The Balaban J connectivity index is 1.33. The van der Waals surface area contributed by atoms with E-state index in [1.54, 1.807) is 30.3 Å². The zero-order valence-electron chi connectivity index (χ0n) is 27.3. The lowest BCUT2D eigenvalue weighted by atomic mass is 9.98. The second-order valence-corrected chi connectivity index (χ2v) is 12.3. The summed E-state index contributed by atoms with van der Waals surface area (Å²) >= 11 is 0. The predicted molar refractivity (Wildman–Crippen MR) is 178 cm³/mol. The standard InChI is InChI=1S/C36H36O16/c1-16-26(41)28(43)30(45)35(48-16)47-15-23-33(51-24(40)12-7-17-5-3-2-4-6-17)29(44)31(46)36(50-23)52-34-27(42)25-21(39)13-20(38)14-22(25)49-32(34)18-8-10-19(37)11-9-18/h2-14,16,23,26,28-31,33,35-39,41,43-46H,15H2,1H3. The molecular weight excluding hydrogens is 688 g/mol. The highest BCUT2D eigenvalue weighted by atomic mass is 16.7. The fourth-order valence-corrected chi connectivity index (χ4v) is 5.82. The normalized spacial score (nSPS) is 29.3. The second kappa shape index (κ2) is 15.3. The van der Waals surface area contributed by atoms with E-state index < -0.39 is 102 Å². The van der Waals surface area contributed by atoms with E-state index in [0.717, 1.165) is 18.2 Å². The fraction of sp³-hybridized carbons (Fsp3) is 0.333. The largest absolute Gasteiger partial charge is 0.508 e. The van der Waals surface area contributed by atoms with Gasteiger partial charge in [-0.25, -0.2) is 4.79 Å². The first-order valence-corrected chi connectivity index (χ1v) is 16.1. The smallest absolute Gasteiger partial charge is 0.331 e. The van der Waals surface area contributed by atoms with Gasteiger partial charge in [0.05, 0.1) is 12.7 Å². The average molecular weight is 725 g/mol. The number of phenols is 3. The molecule has 0 radical (unpaired) electrons. The Bertz CT molecular complexity index is 1960. The van der Waals surface area contributed by atoms with Crippen LogP contribution in [0, 0.1) is 0 Å². The highest BCUT2D eigenvalue weighted by Gasteiger charge is 2.50. The van der Waals surface area contributed by atoms with Crippen LogP contribution < -0.4 is 10.2 Å². The number of ether oxygens (including phenoxy) is 5. The van der Waals surface area contributed by atoms with Gasteiger partial charge in [0.1, 0.15) is 64.8 Å². The van der Waals surface area contributed by atoms with E-state index in [1.165, 1.54) is 37.3 Å². The van der Waals surface area contributed by atoms with E-state index in [0.29, 0.717) is 5.56 Å². The lowest BCUT2D eigenvalue weighted by Crippen LogP contribution is -2.62. The Morgan fingerprint density at radius 3 is 2.21 bits per heavy atom. The molecule has 10 atom stereocenters. The van der Waals surface area contributed by atoms with E-state index in [1.807, 2.05) is 0 Å². The molecule has 16 heteroatoms. The predicted octanol–water partition coefficient (Wildman–Crippen LogP) is 0.872. The molecule has 52 heavy (non-hydrogen) atoms. The number of carbonyl (C=O) groups excluding carboxylic acids is 1. The molecule has 6 rings (SSSR count). The van der Waals surface area contributed by atoms with E-state index in [9.17, 15) is 50.4 Å². The van der Waals surface area contributed by atoms with Gasteiger partial charge in [0, 0.05) is 23.8 Å². The Morgan fingerprint density at radius 1 is 0.808 bits per heavy atom. The maximum atomic E-state index is 13.9. The molecule has 16 nitrogen and oxygen atoms in total. The summed E-state index contributed by atoms with van der Waals surface area (Å²) in [6.45, 7) is 0.805. The molecule has 276 valence electrons. The van der Waals surface area contributed by atoms with Crippen LogP contribution in [0.15, 0.2) is 82.0 Å². The Labute approximate surface area is 294 Å². The molecule has 3 heterocycles. The molecular formula is C36H36O16. The van der Waals surface area contributed by atoms with Crippen LogP contribution in [-0.4, -0.2) is 115 Å². The summed E-state index contributed by atoms with van der Waals surface area (Å²) in [6, 6.07) is 16.0. The van der Waals surface area contributed by atoms with Gasteiger partial charge in [0.25, 0.3) is 0 Å². The van der Waals surface area contributed by atoms with Crippen LogP contribution >= 0.6 is 0 Å². The first-order valence-electron chi connectivity index (χ1n) is 16.1. The third kappa shape index (κ3) is 7.59. The second-order valence-electron chi connectivity index (χ2n) is 12.3. The van der Waals surface area contributed by atoms with Crippen molar-refractivity contribution in [2.45, 2.75) is 68.3 Å². The van der Waals surface area contributed by atoms with Gasteiger partial charge in [-0.3, -0.25) is 4.79 Å². The van der Waals surface area contributed by atoms with E-state index >= 15 is 0 Å². The molecule has 3 aromatic carbocycles. The lowest BCUT2D eigenvalue weighted by molar-refractivity contribution is -0.319. The molecule has 2 aliphatic rings. The van der Waals surface area contributed by atoms with Crippen molar-refractivity contribution in [2.75, 3.05) is 6.61 Å². The number of carbonyl (C=O) groups is 1. The third-order valence-electron chi connectivity index (χ3n) is 8.62. The number of hydrogen-bond donors (Lipinski definition) is 8. The number of aliphatic hydroxyl groups is 5. The van der Waals surface area contributed by atoms with Crippen molar-refractivity contribution < 1.29 is 73.7 Å². The number of hydrogen-bond acceptors (Lipinski definition) is 16. The van der Waals surface area contributed by atoms with Gasteiger partial charge in [-0.15, -0.1) is 0 Å². The average Bonchev–Trinajstić information content (AvgIpc) is 3.12. The number of benzene rings is 3. The number of esters is 1. The maximum Gasteiger partial charge on any atom is 0.331 e. The minimum Gasteiger partial charge on any atom is -0.508 e. The molecule has 0 amide bonds. The summed E-state index contributed by atoms with van der Waals surface area (Å²) < 4.78 is 34.4. The minimum atomic E-state index is -2.00. The van der Waals surface area contributed by atoms with Crippen molar-refractivity contribution >= 4 is 23.0 Å². The molecule has 2 aliphatic heterocycles. The summed E-state index contributed by atoms with van der Waals surface area (Å²) in [6.07, 6.45) is -13.8. The summed E-state index contributed by atoms with van der Waals surface area (Å²) in [5, 5.41) is 83.4.